The van der Waals surface area contributed by atoms with Gasteiger partial charge in [-0.1, -0.05) is 0 Å². The summed E-state index contributed by atoms with van der Waals surface area (Å²) in [4.78, 5) is 26.0. The Morgan fingerprint density at radius 2 is 2.07 bits per heavy atom. The first-order chi connectivity index (χ1) is 19.8. The van der Waals surface area contributed by atoms with E-state index in [2.05, 4.69) is 31.6 Å². The predicted molar refractivity (Wildman–Crippen MR) is 148 cm³/mol. The van der Waals surface area contributed by atoms with Crippen molar-refractivity contribution in [3.8, 4) is 5.88 Å². The summed E-state index contributed by atoms with van der Waals surface area (Å²) >= 11 is 0. The number of ether oxygens (including phenoxy) is 2. The number of methoxy groups -OCH3 is 1. The van der Waals surface area contributed by atoms with Crippen molar-refractivity contribution in [1.29, 1.82) is 0 Å². The Bertz CT molecular complexity index is 1220. The number of morpholine rings is 1. The van der Waals surface area contributed by atoms with E-state index in [1.54, 1.807) is 25.6 Å². The number of rotatable bonds is 8. The fraction of sp³-hybridized carbons (Fsp3) is 0.655. The predicted octanol–water partition coefficient (Wildman–Crippen LogP) is 3.65. The Balaban J connectivity index is 1.21. The number of halogens is 2. The van der Waals surface area contributed by atoms with Crippen LogP contribution in [-0.4, -0.2) is 101 Å². The Kier molecular flexibility index (Phi) is 8.06. The van der Waals surface area contributed by atoms with E-state index in [0.29, 0.717) is 24.9 Å². The molecule has 0 aromatic carbocycles. The minimum absolute atomic E-state index is 0.0634. The molecule has 0 amide bonds. The van der Waals surface area contributed by atoms with Crippen LogP contribution in [0.1, 0.15) is 31.7 Å². The highest BCUT2D eigenvalue weighted by Gasteiger charge is 2.54. The fourth-order valence-corrected chi connectivity index (χ4v) is 7.50. The first kappa shape index (κ1) is 28.2. The van der Waals surface area contributed by atoms with Gasteiger partial charge in [0.15, 0.2) is 12.4 Å². The summed E-state index contributed by atoms with van der Waals surface area (Å²) in [6, 6.07) is 7.52. The quantitative estimate of drug-likeness (QED) is 0.347. The average Bonchev–Trinajstić information content (AvgIpc) is 3.47. The Morgan fingerprint density at radius 3 is 2.83 bits per heavy atom. The van der Waals surface area contributed by atoms with E-state index >= 15 is 0 Å². The van der Waals surface area contributed by atoms with Gasteiger partial charge in [0.05, 0.1) is 19.4 Å². The lowest BCUT2D eigenvalue weighted by atomic mass is 9.71. The summed E-state index contributed by atoms with van der Waals surface area (Å²) in [5, 5.41) is 11.1. The number of hydrogen-bond acceptors (Lipinski definition) is 9. The summed E-state index contributed by atoms with van der Waals surface area (Å²) in [7, 11) is 1.61. The molecule has 222 valence electrons. The zero-order chi connectivity index (χ0) is 28.7. The molecule has 5 heterocycles. The highest BCUT2D eigenvalue weighted by molar-refractivity contribution is 5.47. The van der Waals surface area contributed by atoms with E-state index in [0.717, 1.165) is 50.3 Å². The van der Waals surface area contributed by atoms with Crippen molar-refractivity contribution in [2.45, 2.75) is 69.3 Å². The standard InChI is InChI=1S/C29H38F2N6O4/c1-18-17-41-29-27(31)24(30)11-21-9-20(15-36(18)28(21)29)14-35(13-19-5-7-32-26(10-19)40-2)23-6-8-34(16-23)22-3-4-25(33-12-22)37(38)39/h3-5,7,10,12,18,20-21,23-24,27-29H,6,8-9,11,13-17H2,1-2H3/t18?,20?,21?,23-,24?,27?,28?,29?/m0/s1. The molecule has 0 spiro atoms. The third kappa shape index (κ3) is 5.74. The molecule has 4 aliphatic rings. The molecule has 0 radical (unpaired) electrons. The van der Waals surface area contributed by atoms with Gasteiger partial charge in [-0.05, 0) is 65.6 Å². The van der Waals surface area contributed by atoms with Crippen LogP contribution in [0, 0.1) is 22.0 Å². The van der Waals surface area contributed by atoms with E-state index in [-0.39, 0.29) is 36.3 Å². The van der Waals surface area contributed by atoms with Gasteiger partial charge in [0.2, 0.25) is 5.88 Å². The van der Waals surface area contributed by atoms with Crippen LogP contribution >= 0.6 is 0 Å². The molecule has 0 bridgehead atoms. The van der Waals surface area contributed by atoms with Crippen LogP contribution < -0.4 is 9.64 Å². The number of alkyl halides is 2. The molecule has 8 atom stereocenters. The summed E-state index contributed by atoms with van der Waals surface area (Å²) in [6.07, 6.45) is 1.65. The van der Waals surface area contributed by atoms with Crippen LogP contribution in [0.2, 0.25) is 0 Å². The summed E-state index contributed by atoms with van der Waals surface area (Å²) in [6.45, 7) is 6.51. The van der Waals surface area contributed by atoms with Crippen LogP contribution in [0.15, 0.2) is 36.7 Å². The fourth-order valence-electron chi connectivity index (χ4n) is 7.50. The van der Waals surface area contributed by atoms with E-state index < -0.39 is 23.4 Å². The van der Waals surface area contributed by atoms with Gasteiger partial charge < -0.3 is 24.5 Å². The molecule has 6 rings (SSSR count). The van der Waals surface area contributed by atoms with Crippen molar-refractivity contribution in [2.75, 3.05) is 44.8 Å². The number of pyridine rings is 2. The molecule has 0 N–H and O–H groups in total. The molecule has 2 aromatic heterocycles. The molecule has 1 saturated carbocycles. The molecule has 3 aliphatic heterocycles. The van der Waals surface area contributed by atoms with Crippen molar-refractivity contribution in [1.82, 2.24) is 19.8 Å². The summed E-state index contributed by atoms with van der Waals surface area (Å²) in [5.41, 5.74) is 1.97. The number of nitrogens with zero attached hydrogens (tertiary/aromatic N) is 6. The number of nitro groups is 1. The van der Waals surface area contributed by atoms with Crippen molar-refractivity contribution < 1.29 is 23.2 Å². The van der Waals surface area contributed by atoms with Crippen molar-refractivity contribution in [3.05, 3.63) is 52.3 Å². The van der Waals surface area contributed by atoms with Crippen molar-refractivity contribution >= 4 is 11.5 Å². The molecular formula is C29H38F2N6O4. The molecule has 3 saturated heterocycles. The van der Waals surface area contributed by atoms with Crippen LogP contribution in [-0.2, 0) is 11.3 Å². The van der Waals surface area contributed by atoms with Crippen LogP contribution in [0.3, 0.4) is 0 Å². The highest BCUT2D eigenvalue weighted by atomic mass is 19.2. The molecule has 7 unspecified atom stereocenters. The second-order valence-corrected chi connectivity index (χ2v) is 12.0. The first-order valence-electron chi connectivity index (χ1n) is 14.5. The third-order valence-electron chi connectivity index (χ3n) is 9.44. The zero-order valence-electron chi connectivity index (χ0n) is 23.5. The minimum atomic E-state index is -1.56. The second-order valence-electron chi connectivity index (χ2n) is 12.0. The number of aromatic nitrogens is 2. The van der Waals surface area contributed by atoms with Gasteiger partial charge in [-0.25, -0.2) is 13.8 Å². The molecule has 41 heavy (non-hydrogen) atoms. The van der Waals surface area contributed by atoms with E-state index in [4.69, 9.17) is 9.47 Å². The SMILES string of the molecule is COc1cc(CN(CC2CC3CC(F)C(F)C4OCC(C)N(C2)C34)[C@H]2CCN(c3ccc([N+](=O)[O-])nc3)C2)ccn1. The van der Waals surface area contributed by atoms with E-state index in [1.165, 1.54) is 6.07 Å². The molecule has 4 fully saturated rings. The average molecular weight is 573 g/mol. The number of hydrogen-bond donors (Lipinski definition) is 0. The van der Waals surface area contributed by atoms with Crippen LogP contribution in [0.4, 0.5) is 20.3 Å². The van der Waals surface area contributed by atoms with Crippen LogP contribution in [0.5, 0.6) is 5.88 Å². The van der Waals surface area contributed by atoms with Gasteiger partial charge in [0.25, 0.3) is 0 Å². The Morgan fingerprint density at radius 1 is 1.22 bits per heavy atom. The maximum absolute atomic E-state index is 14.8. The molecule has 2 aromatic rings. The van der Waals surface area contributed by atoms with Crippen molar-refractivity contribution in [2.24, 2.45) is 11.8 Å². The molecule has 1 aliphatic carbocycles. The normalized spacial score (nSPS) is 33.5. The molecular weight excluding hydrogens is 534 g/mol. The lowest BCUT2D eigenvalue weighted by molar-refractivity contribution is -0.389. The number of anilines is 1. The van der Waals surface area contributed by atoms with E-state index in [1.807, 2.05) is 12.1 Å². The van der Waals surface area contributed by atoms with Gasteiger partial charge in [-0.3, -0.25) is 9.80 Å². The van der Waals surface area contributed by atoms with Gasteiger partial charge in [0, 0.05) is 69.2 Å². The topological polar surface area (TPSA) is 97.1 Å². The number of piperidine rings is 1. The van der Waals surface area contributed by atoms with Gasteiger partial charge in [-0.2, -0.15) is 0 Å². The molecule has 10 nitrogen and oxygen atoms in total. The highest BCUT2D eigenvalue weighted by Crippen LogP contribution is 2.44. The Hall–Kier alpha value is -2.96. The van der Waals surface area contributed by atoms with Gasteiger partial charge in [-0.15, -0.1) is 0 Å². The lowest BCUT2D eigenvalue weighted by Crippen LogP contribution is -2.68. The monoisotopic (exact) mass is 572 g/mol. The largest absolute Gasteiger partial charge is 0.481 e. The summed E-state index contributed by atoms with van der Waals surface area (Å²) in [5.74, 6) is 0.778. The summed E-state index contributed by atoms with van der Waals surface area (Å²) < 4.78 is 40.8. The minimum Gasteiger partial charge on any atom is -0.481 e. The smallest absolute Gasteiger partial charge is 0.363 e. The van der Waals surface area contributed by atoms with Crippen LogP contribution in [0.25, 0.3) is 0 Å². The molecule has 12 heteroatoms. The van der Waals surface area contributed by atoms with Gasteiger partial charge >= 0.3 is 5.82 Å². The maximum atomic E-state index is 14.8. The van der Waals surface area contributed by atoms with Crippen molar-refractivity contribution in [3.63, 3.8) is 0 Å². The maximum Gasteiger partial charge on any atom is 0.363 e. The second kappa shape index (κ2) is 11.7. The first-order valence-corrected chi connectivity index (χ1v) is 14.5. The zero-order valence-corrected chi connectivity index (χ0v) is 23.5. The van der Waals surface area contributed by atoms with E-state index in [9.17, 15) is 18.9 Å². The Labute approximate surface area is 238 Å². The van der Waals surface area contributed by atoms with Gasteiger partial charge in [0.1, 0.15) is 12.3 Å². The third-order valence-corrected chi connectivity index (χ3v) is 9.44. The lowest BCUT2D eigenvalue weighted by Gasteiger charge is -2.57.